The molecule has 1 fully saturated rings. The van der Waals surface area contributed by atoms with Crippen molar-refractivity contribution >= 4 is 11.9 Å². The maximum Gasteiger partial charge on any atom is 0.311 e. The van der Waals surface area contributed by atoms with E-state index in [-0.39, 0.29) is 30.3 Å². The van der Waals surface area contributed by atoms with Gasteiger partial charge in [0.2, 0.25) is 5.91 Å². The Balaban J connectivity index is 1.46. The Labute approximate surface area is 299 Å². The number of nitrogens with zero attached hydrogens (tertiary/aromatic N) is 1. The first kappa shape index (κ1) is 41.3. The minimum Gasteiger partial charge on any atom is -0.487 e. The van der Waals surface area contributed by atoms with Crippen molar-refractivity contribution in [2.45, 2.75) is 190 Å². The molecule has 0 aliphatic carbocycles. The van der Waals surface area contributed by atoms with Gasteiger partial charge in [-0.1, -0.05) is 72.6 Å². The first-order valence-corrected chi connectivity index (χ1v) is 19.5. The van der Waals surface area contributed by atoms with Gasteiger partial charge < -0.3 is 14.8 Å². The zero-order chi connectivity index (χ0) is 36.7. The lowest BCUT2D eigenvalue weighted by Gasteiger charge is -2.38. The van der Waals surface area contributed by atoms with Crippen LogP contribution >= 0.6 is 0 Å². The summed E-state index contributed by atoms with van der Waals surface area (Å²) in [6, 6.07) is 0. The van der Waals surface area contributed by atoms with E-state index in [2.05, 4.69) is 46.9 Å². The number of benzene rings is 1. The van der Waals surface area contributed by atoms with E-state index in [1.165, 1.54) is 51.4 Å². The molecule has 2 heterocycles. The van der Waals surface area contributed by atoms with Crippen molar-refractivity contribution in [3.63, 3.8) is 0 Å². The van der Waals surface area contributed by atoms with Gasteiger partial charge in [0.1, 0.15) is 17.1 Å². The van der Waals surface area contributed by atoms with Crippen LogP contribution in [-0.2, 0) is 21.2 Å². The minimum absolute atomic E-state index is 0.00159. The molecule has 1 aromatic carbocycles. The highest BCUT2D eigenvalue weighted by Gasteiger charge is 2.52. The molecule has 0 aromatic heterocycles. The van der Waals surface area contributed by atoms with Gasteiger partial charge in [-0.2, -0.15) is 0 Å². The third-order valence-corrected chi connectivity index (χ3v) is 12.0. The standard InChI is InChI=1S/C42H71N2O5/c1-28(2)16-13-17-29(3)18-14-19-30(4)20-15-24-42(12)25-23-35-33(7)38(31(5)32(6)39(35)49-42)48-37(46)22-21-36(45)43-27-34-26-40(8,9)44(47)41(34,10)11/h28-30,34H,13-27H2,1-12H3,(H,43,45)/t29-,30-,34?,42-/m1/s1. The Hall–Kier alpha value is -2.12. The predicted octanol–water partition coefficient (Wildman–Crippen LogP) is 10.2. The van der Waals surface area contributed by atoms with Gasteiger partial charge >= 0.3 is 5.97 Å². The van der Waals surface area contributed by atoms with Crippen LogP contribution in [0.15, 0.2) is 0 Å². The summed E-state index contributed by atoms with van der Waals surface area (Å²) in [5.74, 6) is 3.39. The monoisotopic (exact) mass is 684 g/mol. The molecule has 3 rings (SSSR count). The van der Waals surface area contributed by atoms with Crippen LogP contribution < -0.4 is 14.8 Å². The number of carbonyl (C=O) groups is 2. The number of carbonyl (C=O) groups excluding carboxylic acids is 2. The molecule has 1 saturated heterocycles. The van der Waals surface area contributed by atoms with Crippen LogP contribution in [0.1, 0.15) is 168 Å². The van der Waals surface area contributed by atoms with E-state index in [0.29, 0.717) is 18.7 Å². The SMILES string of the molecule is Cc1c(C)c2c(c(C)c1OC(=O)CCC(=O)NCC1CC(C)(C)N([O])C1(C)C)CC[C@@](C)(CCC[C@H](C)CCC[C@H](C)CCCC(C)C)O2. The van der Waals surface area contributed by atoms with Crippen molar-refractivity contribution in [1.82, 2.24) is 10.4 Å². The number of hydrogen-bond acceptors (Lipinski definition) is 5. The van der Waals surface area contributed by atoms with Crippen molar-refractivity contribution in [1.29, 1.82) is 0 Å². The number of fused-ring (bicyclic) bond motifs is 1. The molecule has 1 radical (unpaired) electrons. The van der Waals surface area contributed by atoms with Crippen LogP contribution in [-0.4, -0.2) is 40.2 Å². The van der Waals surface area contributed by atoms with Gasteiger partial charge in [0.15, 0.2) is 0 Å². The molecule has 0 bridgehead atoms. The molecule has 1 aromatic rings. The maximum atomic E-state index is 13.0. The second-order valence-electron chi connectivity index (χ2n) is 17.9. The Morgan fingerprint density at radius 2 is 1.45 bits per heavy atom. The van der Waals surface area contributed by atoms with Crippen LogP contribution in [0.25, 0.3) is 0 Å². The summed E-state index contributed by atoms with van der Waals surface area (Å²) in [5, 5.41) is 16.8. The number of nitrogens with one attached hydrogen (secondary N) is 1. The Bertz CT molecular complexity index is 1270. The largest absolute Gasteiger partial charge is 0.487 e. The van der Waals surface area contributed by atoms with Crippen LogP contribution in [0.5, 0.6) is 11.5 Å². The summed E-state index contributed by atoms with van der Waals surface area (Å²) < 4.78 is 12.7. The van der Waals surface area contributed by atoms with Crippen LogP contribution in [0.3, 0.4) is 0 Å². The fourth-order valence-corrected chi connectivity index (χ4v) is 8.32. The van der Waals surface area contributed by atoms with Gasteiger partial charge in [-0.3, -0.25) is 9.59 Å². The van der Waals surface area contributed by atoms with Gasteiger partial charge in [0.25, 0.3) is 0 Å². The van der Waals surface area contributed by atoms with E-state index in [4.69, 9.17) is 9.47 Å². The molecule has 49 heavy (non-hydrogen) atoms. The zero-order valence-electron chi connectivity index (χ0n) is 33.4. The zero-order valence-corrected chi connectivity index (χ0v) is 33.4. The average Bonchev–Trinajstić information content (AvgIpc) is 3.17. The highest BCUT2D eigenvalue weighted by atomic mass is 16.5. The third kappa shape index (κ3) is 11.2. The third-order valence-electron chi connectivity index (χ3n) is 12.0. The Morgan fingerprint density at radius 1 is 0.857 bits per heavy atom. The average molecular weight is 684 g/mol. The quantitative estimate of drug-likeness (QED) is 0.123. The molecular weight excluding hydrogens is 612 g/mol. The van der Waals surface area contributed by atoms with E-state index in [1.54, 1.807) is 0 Å². The molecule has 1 unspecified atom stereocenters. The molecule has 0 saturated carbocycles. The highest BCUT2D eigenvalue weighted by molar-refractivity contribution is 5.82. The fourth-order valence-electron chi connectivity index (χ4n) is 8.32. The van der Waals surface area contributed by atoms with Crippen molar-refractivity contribution in [2.75, 3.05) is 6.54 Å². The van der Waals surface area contributed by atoms with Crippen LogP contribution in [0, 0.1) is 44.4 Å². The van der Waals surface area contributed by atoms with E-state index >= 15 is 0 Å². The Kier molecular flexibility index (Phi) is 14.7. The molecule has 2 aliphatic rings. The van der Waals surface area contributed by atoms with Gasteiger partial charge in [0, 0.05) is 29.6 Å². The van der Waals surface area contributed by atoms with E-state index in [0.717, 1.165) is 70.1 Å². The van der Waals surface area contributed by atoms with Crippen LogP contribution in [0.2, 0.25) is 0 Å². The van der Waals surface area contributed by atoms with Crippen molar-refractivity contribution < 1.29 is 24.3 Å². The summed E-state index contributed by atoms with van der Waals surface area (Å²) in [4.78, 5) is 25.6. The molecule has 7 heteroatoms. The lowest BCUT2D eigenvalue weighted by molar-refractivity contribution is -0.248. The topological polar surface area (TPSA) is 87.8 Å². The van der Waals surface area contributed by atoms with E-state index in [9.17, 15) is 14.8 Å². The first-order valence-electron chi connectivity index (χ1n) is 19.5. The maximum absolute atomic E-state index is 13.0. The predicted molar refractivity (Wildman–Crippen MR) is 199 cm³/mol. The molecule has 1 amide bonds. The van der Waals surface area contributed by atoms with Crippen molar-refractivity contribution in [3.05, 3.63) is 22.3 Å². The molecule has 7 nitrogen and oxygen atoms in total. The Morgan fingerprint density at radius 3 is 2.02 bits per heavy atom. The molecule has 4 atom stereocenters. The van der Waals surface area contributed by atoms with Gasteiger partial charge in [-0.05, 0) is 128 Å². The number of ether oxygens (including phenoxy) is 2. The summed E-state index contributed by atoms with van der Waals surface area (Å²) >= 11 is 0. The normalized spacial score (nSPS) is 22.8. The van der Waals surface area contributed by atoms with E-state index < -0.39 is 17.0 Å². The van der Waals surface area contributed by atoms with Gasteiger partial charge in [-0.25, -0.2) is 0 Å². The van der Waals surface area contributed by atoms with Crippen molar-refractivity contribution in [3.8, 4) is 11.5 Å². The van der Waals surface area contributed by atoms with Gasteiger partial charge in [-0.15, -0.1) is 10.3 Å². The lowest BCUT2D eigenvalue weighted by Crippen LogP contribution is -2.48. The van der Waals surface area contributed by atoms with Gasteiger partial charge in [0.05, 0.1) is 6.42 Å². The summed E-state index contributed by atoms with van der Waals surface area (Å²) in [6.07, 6.45) is 14.2. The van der Waals surface area contributed by atoms with Crippen molar-refractivity contribution in [2.24, 2.45) is 23.7 Å². The summed E-state index contributed by atoms with van der Waals surface area (Å²) in [5.41, 5.74) is 2.82. The van der Waals surface area contributed by atoms with Crippen LogP contribution in [0.4, 0.5) is 0 Å². The first-order chi connectivity index (χ1) is 22.8. The molecule has 279 valence electrons. The lowest BCUT2D eigenvalue weighted by atomic mass is 9.83. The summed E-state index contributed by atoms with van der Waals surface area (Å²) in [7, 11) is 0. The molecule has 0 spiro atoms. The summed E-state index contributed by atoms with van der Waals surface area (Å²) in [6.45, 7) is 26.0. The minimum atomic E-state index is -0.556. The second-order valence-corrected chi connectivity index (χ2v) is 17.9. The molecule has 1 N–H and O–H groups in total. The number of amides is 1. The molecular formula is C42H71N2O5. The highest BCUT2D eigenvalue weighted by Crippen LogP contribution is 2.46. The molecule has 2 aliphatic heterocycles. The second kappa shape index (κ2) is 17.4. The fraction of sp³-hybridized carbons (Fsp3) is 0.810. The smallest absolute Gasteiger partial charge is 0.311 e. The van der Waals surface area contributed by atoms with E-state index in [1.807, 2.05) is 41.5 Å². The number of hydrogen-bond donors (Lipinski definition) is 1. The number of esters is 1. The number of rotatable bonds is 18. The number of hydroxylamine groups is 2.